The second-order valence-electron chi connectivity index (χ2n) is 4.09. The van der Waals surface area contributed by atoms with Gasteiger partial charge in [-0.1, -0.05) is 18.2 Å². The number of benzene rings is 1. The third-order valence-corrected chi connectivity index (χ3v) is 3.68. The molecule has 3 rings (SSSR count). The molecule has 0 unspecified atom stereocenters. The van der Waals surface area contributed by atoms with Crippen LogP contribution in [0.4, 0.5) is 5.69 Å². The molecular formula is C14H14N2O2S. The van der Waals surface area contributed by atoms with Crippen molar-refractivity contribution in [2.24, 2.45) is 5.10 Å². The maximum absolute atomic E-state index is 5.61. The van der Waals surface area contributed by atoms with E-state index in [4.69, 9.17) is 9.47 Å². The van der Waals surface area contributed by atoms with E-state index >= 15 is 0 Å². The Morgan fingerprint density at radius 1 is 1.21 bits per heavy atom. The molecule has 0 saturated heterocycles. The van der Waals surface area contributed by atoms with E-state index < -0.39 is 0 Å². The van der Waals surface area contributed by atoms with Crippen LogP contribution in [-0.4, -0.2) is 26.5 Å². The van der Waals surface area contributed by atoms with Crippen LogP contribution in [0.15, 0.2) is 40.8 Å². The minimum Gasteiger partial charge on any atom is -0.485 e. The van der Waals surface area contributed by atoms with Crippen LogP contribution in [0.1, 0.15) is 4.88 Å². The summed E-state index contributed by atoms with van der Waals surface area (Å²) in [7, 11) is 1.92. The maximum atomic E-state index is 5.61. The highest BCUT2D eigenvalue weighted by Gasteiger charge is 2.17. The van der Waals surface area contributed by atoms with Crippen LogP contribution in [-0.2, 0) is 0 Å². The average molecular weight is 274 g/mol. The van der Waals surface area contributed by atoms with E-state index in [1.165, 1.54) is 0 Å². The second-order valence-corrected chi connectivity index (χ2v) is 5.01. The topological polar surface area (TPSA) is 34.1 Å². The van der Waals surface area contributed by atoms with E-state index in [1.54, 1.807) is 11.3 Å². The number of hydrazone groups is 1. The summed E-state index contributed by atoms with van der Waals surface area (Å²) in [5, 5.41) is 8.21. The van der Waals surface area contributed by atoms with Crippen LogP contribution < -0.4 is 14.5 Å². The summed E-state index contributed by atoms with van der Waals surface area (Å²) < 4.78 is 11.1. The highest BCUT2D eigenvalue weighted by Crippen LogP contribution is 2.38. The number of anilines is 1. The fourth-order valence-electron chi connectivity index (χ4n) is 1.82. The van der Waals surface area contributed by atoms with Crippen molar-refractivity contribution < 1.29 is 9.47 Å². The Kier molecular flexibility index (Phi) is 3.37. The zero-order chi connectivity index (χ0) is 13.1. The Hall–Kier alpha value is -2.01. The average Bonchev–Trinajstić information content (AvgIpc) is 2.89. The molecule has 0 bridgehead atoms. The minimum absolute atomic E-state index is 0.596. The molecule has 19 heavy (non-hydrogen) atoms. The monoisotopic (exact) mass is 274 g/mol. The van der Waals surface area contributed by atoms with Gasteiger partial charge in [-0.15, -0.1) is 11.3 Å². The van der Waals surface area contributed by atoms with Gasteiger partial charge in [-0.3, -0.25) is 5.01 Å². The lowest BCUT2D eigenvalue weighted by molar-refractivity contribution is 0.173. The Balaban J connectivity index is 1.78. The number of rotatable bonds is 3. The summed E-state index contributed by atoms with van der Waals surface area (Å²) in [5.41, 5.74) is 1.04. The van der Waals surface area contributed by atoms with E-state index in [0.717, 1.165) is 22.1 Å². The molecule has 5 heteroatoms. The van der Waals surface area contributed by atoms with Gasteiger partial charge in [-0.05, 0) is 12.1 Å². The third-order valence-electron chi connectivity index (χ3n) is 2.81. The number of thiophene rings is 1. The van der Waals surface area contributed by atoms with E-state index in [-0.39, 0.29) is 0 Å². The highest BCUT2D eigenvalue weighted by atomic mass is 32.1. The number of fused-ring (bicyclic) bond motifs is 1. The SMILES string of the molecule is CN(/N=C/c1scc2c1OCCO2)c1ccccc1. The van der Waals surface area contributed by atoms with Gasteiger partial charge in [0, 0.05) is 12.4 Å². The molecule has 1 aromatic carbocycles. The minimum atomic E-state index is 0.596. The zero-order valence-corrected chi connectivity index (χ0v) is 11.4. The first-order valence-corrected chi connectivity index (χ1v) is 6.92. The fourth-order valence-corrected chi connectivity index (χ4v) is 2.60. The summed E-state index contributed by atoms with van der Waals surface area (Å²) in [6, 6.07) is 10.0. The summed E-state index contributed by atoms with van der Waals surface area (Å²) in [6.07, 6.45) is 1.81. The molecule has 2 aromatic rings. The zero-order valence-electron chi connectivity index (χ0n) is 10.6. The molecule has 98 valence electrons. The Bertz CT molecular complexity index is 580. The smallest absolute Gasteiger partial charge is 0.180 e. The molecule has 4 nitrogen and oxygen atoms in total. The van der Waals surface area contributed by atoms with Crippen LogP contribution in [0, 0.1) is 0 Å². The van der Waals surface area contributed by atoms with Crippen LogP contribution in [0.25, 0.3) is 0 Å². The molecule has 0 fully saturated rings. The molecule has 1 aliphatic heterocycles. The van der Waals surface area contributed by atoms with Gasteiger partial charge in [0.15, 0.2) is 11.5 Å². The highest BCUT2D eigenvalue weighted by molar-refractivity contribution is 7.12. The van der Waals surface area contributed by atoms with Gasteiger partial charge in [0.05, 0.1) is 16.8 Å². The number of hydrogen-bond acceptors (Lipinski definition) is 5. The maximum Gasteiger partial charge on any atom is 0.180 e. The summed E-state index contributed by atoms with van der Waals surface area (Å²) >= 11 is 1.58. The van der Waals surface area contributed by atoms with Crippen molar-refractivity contribution in [3.8, 4) is 11.5 Å². The number of para-hydroxylation sites is 1. The molecule has 0 radical (unpaired) electrons. The first-order chi connectivity index (χ1) is 9.34. The number of nitrogens with zero attached hydrogens (tertiary/aromatic N) is 2. The summed E-state index contributed by atoms with van der Waals surface area (Å²) in [6.45, 7) is 1.21. The van der Waals surface area contributed by atoms with Gasteiger partial charge in [-0.2, -0.15) is 5.10 Å². The van der Waals surface area contributed by atoms with E-state index in [9.17, 15) is 0 Å². The van der Waals surface area contributed by atoms with Crippen LogP contribution in [0.3, 0.4) is 0 Å². The van der Waals surface area contributed by atoms with E-state index in [2.05, 4.69) is 5.10 Å². The Morgan fingerprint density at radius 3 is 2.84 bits per heavy atom. The molecule has 0 saturated carbocycles. The standard InChI is InChI=1S/C14H14N2O2S/c1-16(11-5-3-2-4-6-11)15-9-13-14-12(10-19-13)17-7-8-18-14/h2-6,9-10H,7-8H2,1H3/b15-9+. The van der Waals surface area contributed by atoms with Crippen molar-refractivity contribution >= 4 is 23.2 Å². The fraction of sp³-hybridized carbons (Fsp3) is 0.214. The predicted octanol–water partition coefficient (Wildman–Crippen LogP) is 2.99. The van der Waals surface area contributed by atoms with Gasteiger partial charge in [0.2, 0.25) is 0 Å². The number of hydrogen-bond donors (Lipinski definition) is 0. The van der Waals surface area contributed by atoms with Crippen LogP contribution >= 0.6 is 11.3 Å². The Morgan fingerprint density at radius 2 is 2.00 bits per heavy atom. The molecule has 0 N–H and O–H groups in total. The summed E-state index contributed by atoms with van der Waals surface area (Å²) in [5.74, 6) is 1.63. The third kappa shape index (κ3) is 2.56. The molecule has 0 spiro atoms. The lowest BCUT2D eigenvalue weighted by Gasteiger charge is -2.15. The molecule has 1 aliphatic rings. The van der Waals surface area contributed by atoms with Crippen molar-refractivity contribution in [2.75, 3.05) is 25.3 Å². The van der Waals surface area contributed by atoms with Crippen LogP contribution in [0.2, 0.25) is 0 Å². The largest absolute Gasteiger partial charge is 0.485 e. The van der Waals surface area contributed by atoms with Gasteiger partial charge in [0.25, 0.3) is 0 Å². The second kappa shape index (κ2) is 5.32. The predicted molar refractivity (Wildman–Crippen MR) is 77.7 cm³/mol. The molecule has 2 heterocycles. The molecule has 1 aromatic heterocycles. The van der Waals surface area contributed by atoms with Crippen molar-refractivity contribution in [2.45, 2.75) is 0 Å². The van der Waals surface area contributed by atoms with Crippen molar-refractivity contribution in [3.05, 3.63) is 40.6 Å². The van der Waals surface area contributed by atoms with Crippen molar-refractivity contribution in [3.63, 3.8) is 0 Å². The van der Waals surface area contributed by atoms with Crippen molar-refractivity contribution in [1.82, 2.24) is 0 Å². The molecular weight excluding hydrogens is 260 g/mol. The van der Waals surface area contributed by atoms with Crippen molar-refractivity contribution in [1.29, 1.82) is 0 Å². The first-order valence-electron chi connectivity index (χ1n) is 6.04. The molecule has 0 aliphatic carbocycles. The lowest BCUT2D eigenvalue weighted by atomic mass is 10.3. The van der Waals surface area contributed by atoms with Crippen LogP contribution in [0.5, 0.6) is 11.5 Å². The van der Waals surface area contributed by atoms with E-state index in [1.807, 2.05) is 54.0 Å². The first kappa shape index (κ1) is 12.0. The van der Waals surface area contributed by atoms with Gasteiger partial charge < -0.3 is 9.47 Å². The normalized spacial score (nSPS) is 13.7. The van der Waals surface area contributed by atoms with Gasteiger partial charge in [-0.25, -0.2) is 0 Å². The van der Waals surface area contributed by atoms with E-state index in [0.29, 0.717) is 13.2 Å². The quantitative estimate of drug-likeness (QED) is 0.637. The Labute approximate surface area is 115 Å². The molecule has 0 atom stereocenters. The number of ether oxygens (including phenoxy) is 2. The van der Waals surface area contributed by atoms with Gasteiger partial charge >= 0.3 is 0 Å². The lowest BCUT2D eigenvalue weighted by Crippen LogP contribution is -2.15. The molecule has 0 amide bonds. The summed E-state index contributed by atoms with van der Waals surface area (Å²) in [4.78, 5) is 0.984. The van der Waals surface area contributed by atoms with Gasteiger partial charge in [0.1, 0.15) is 13.2 Å².